The molecule has 0 bridgehead atoms. The van der Waals surface area contributed by atoms with Gasteiger partial charge in [0, 0.05) is 25.0 Å². The van der Waals surface area contributed by atoms with Gasteiger partial charge in [-0.05, 0) is 12.8 Å². The van der Waals surface area contributed by atoms with Crippen molar-refractivity contribution < 1.29 is 9.84 Å². The Labute approximate surface area is 93.3 Å². The molecule has 0 atom stereocenters. The average molecular weight is 229 g/mol. The SMILES string of the molecule is OCCCOc1cc(Cl)nc(C2CC2)n1. The maximum Gasteiger partial charge on any atom is 0.218 e. The largest absolute Gasteiger partial charge is 0.477 e. The highest BCUT2D eigenvalue weighted by Crippen LogP contribution is 2.38. The minimum Gasteiger partial charge on any atom is -0.477 e. The molecule has 1 aromatic rings. The maximum atomic E-state index is 8.61. The van der Waals surface area contributed by atoms with Gasteiger partial charge in [0.25, 0.3) is 0 Å². The third-order valence-corrected chi connectivity index (χ3v) is 2.38. The van der Waals surface area contributed by atoms with Gasteiger partial charge in [0.1, 0.15) is 11.0 Å². The van der Waals surface area contributed by atoms with Crippen LogP contribution in [0.15, 0.2) is 6.07 Å². The number of halogens is 1. The molecule has 1 fully saturated rings. The molecular formula is C10H13ClN2O2. The fraction of sp³-hybridized carbons (Fsp3) is 0.600. The van der Waals surface area contributed by atoms with Crippen molar-refractivity contribution in [1.82, 2.24) is 9.97 Å². The lowest BCUT2D eigenvalue weighted by atomic mass is 10.4. The van der Waals surface area contributed by atoms with Crippen molar-refractivity contribution in [2.24, 2.45) is 0 Å². The topological polar surface area (TPSA) is 55.2 Å². The lowest BCUT2D eigenvalue weighted by Crippen LogP contribution is -2.03. The molecule has 82 valence electrons. The summed E-state index contributed by atoms with van der Waals surface area (Å²) < 4.78 is 5.35. The second-order valence-corrected chi connectivity index (χ2v) is 3.97. The Hall–Kier alpha value is -0.870. The van der Waals surface area contributed by atoms with E-state index in [1.54, 1.807) is 6.07 Å². The van der Waals surface area contributed by atoms with Gasteiger partial charge in [0.05, 0.1) is 6.61 Å². The summed E-state index contributed by atoms with van der Waals surface area (Å²) in [4.78, 5) is 8.42. The molecule has 0 radical (unpaired) electrons. The van der Waals surface area contributed by atoms with Gasteiger partial charge >= 0.3 is 0 Å². The Morgan fingerprint density at radius 2 is 2.27 bits per heavy atom. The normalized spacial score (nSPS) is 15.3. The molecule has 2 rings (SSSR count). The number of aromatic nitrogens is 2. The highest BCUT2D eigenvalue weighted by atomic mass is 35.5. The summed E-state index contributed by atoms with van der Waals surface area (Å²) in [5.74, 6) is 1.75. The van der Waals surface area contributed by atoms with Crippen molar-refractivity contribution in [3.05, 3.63) is 17.0 Å². The van der Waals surface area contributed by atoms with Crippen LogP contribution in [0.4, 0.5) is 0 Å². The van der Waals surface area contributed by atoms with Gasteiger partial charge in [-0.15, -0.1) is 0 Å². The number of nitrogens with zero attached hydrogens (tertiary/aromatic N) is 2. The van der Waals surface area contributed by atoms with E-state index in [1.165, 1.54) is 0 Å². The summed E-state index contributed by atoms with van der Waals surface area (Å²) in [5.41, 5.74) is 0. The average Bonchev–Trinajstić information content (AvgIpc) is 3.00. The molecule has 1 heterocycles. The van der Waals surface area contributed by atoms with Crippen molar-refractivity contribution in [1.29, 1.82) is 0 Å². The second-order valence-electron chi connectivity index (χ2n) is 3.59. The van der Waals surface area contributed by atoms with Crippen molar-refractivity contribution in [2.45, 2.75) is 25.2 Å². The lowest BCUT2D eigenvalue weighted by Gasteiger charge is -2.05. The Balaban J connectivity index is 2.02. The first-order valence-electron chi connectivity index (χ1n) is 5.07. The van der Waals surface area contributed by atoms with E-state index >= 15 is 0 Å². The summed E-state index contributed by atoms with van der Waals surface area (Å²) in [6.45, 7) is 0.572. The molecule has 5 heteroatoms. The highest BCUT2D eigenvalue weighted by molar-refractivity contribution is 6.29. The molecule has 1 aromatic heterocycles. The van der Waals surface area contributed by atoms with Gasteiger partial charge in [-0.2, -0.15) is 4.98 Å². The van der Waals surface area contributed by atoms with E-state index in [9.17, 15) is 0 Å². The van der Waals surface area contributed by atoms with Crippen molar-refractivity contribution in [3.8, 4) is 5.88 Å². The predicted octanol–water partition coefficient (Wildman–Crippen LogP) is 1.77. The number of hydrogen-bond acceptors (Lipinski definition) is 4. The quantitative estimate of drug-likeness (QED) is 0.617. The molecular weight excluding hydrogens is 216 g/mol. The van der Waals surface area contributed by atoms with E-state index in [-0.39, 0.29) is 6.61 Å². The lowest BCUT2D eigenvalue weighted by molar-refractivity contribution is 0.229. The fourth-order valence-corrected chi connectivity index (χ4v) is 1.43. The Morgan fingerprint density at radius 1 is 1.47 bits per heavy atom. The van der Waals surface area contributed by atoms with Crippen molar-refractivity contribution in [3.63, 3.8) is 0 Å². The van der Waals surface area contributed by atoms with Crippen LogP contribution in [0, 0.1) is 0 Å². The van der Waals surface area contributed by atoms with Gasteiger partial charge in [0.2, 0.25) is 5.88 Å². The van der Waals surface area contributed by atoms with Crippen LogP contribution in [-0.2, 0) is 0 Å². The van der Waals surface area contributed by atoms with Crippen molar-refractivity contribution >= 4 is 11.6 Å². The van der Waals surface area contributed by atoms with Gasteiger partial charge in [-0.3, -0.25) is 0 Å². The Kier molecular flexibility index (Phi) is 3.38. The minimum atomic E-state index is 0.119. The molecule has 1 N–H and O–H groups in total. The van der Waals surface area contributed by atoms with Crippen LogP contribution in [0.1, 0.15) is 31.0 Å². The summed E-state index contributed by atoms with van der Waals surface area (Å²) in [5, 5.41) is 9.03. The maximum absolute atomic E-state index is 8.61. The first kappa shape index (κ1) is 10.6. The molecule has 0 spiro atoms. The highest BCUT2D eigenvalue weighted by Gasteiger charge is 2.27. The second kappa shape index (κ2) is 4.77. The third kappa shape index (κ3) is 3.04. The van der Waals surface area contributed by atoms with Crippen LogP contribution in [-0.4, -0.2) is 28.3 Å². The zero-order valence-electron chi connectivity index (χ0n) is 8.32. The zero-order chi connectivity index (χ0) is 10.7. The van der Waals surface area contributed by atoms with Crippen LogP contribution in [0.5, 0.6) is 5.88 Å². The van der Waals surface area contributed by atoms with Gasteiger partial charge in [-0.1, -0.05) is 11.6 Å². The smallest absolute Gasteiger partial charge is 0.218 e. The van der Waals surface area contributed by atoms with Gasteiger partial charge in [-0.25, -0.2) is 4.98 Å². The van der Waals surface area contributed by atoms with Crippen LogP contribution in [0.25, 0.3) is 0 Å². The number of rotatable bonds is 5. The standard InChI is InChI=1S/C10H13ClN2O2/c11-8-6-9(15-5-1-4-14)13-10(12-8)7-2-3-7/h6-7,14H,1-5H2. The molecule has 0 aromatic carbocycles. The molecule has 15 heavy (non-hydrogen) atoms. The monoisotopic (exact) mass is 228 g/mol. The van der Waals surface area contributed by atoms with E-state index in [2.05, 4.69) is 9.97 Å². The molecule has 0 aliphatic heterocycles. The van der Waals surface area contributed by atoms with Gasteiger partial charge < -0.3 is 9.84 Å². The summed E-state index contributed by atoms with van der Waals surface area (Å²) >= 11 is 5.85. The van der Waals surface area contributed by atoms with Crippen molar-refractivity contribution in [2.75, 3.05) is 13.2 Å². The summed E-state index contributed by atoms with van der Waals surface area (Å²) in [7, 11) is 0. The molecule has 0 saturated heterocycles. The van der Waals surface area contributed by atoms with E-state index in [4.69, 9.17) is 21.4 Å². The molecule has 1 saturated carbocycles. The molecule has 4 nitrogen and oxygen atoms in total. The Morgan fingerprint density at radius 3 is 2.93 bits per heavy atom. The van der Waals surface area contributed by atoms with Crippen LogP contribution in [0.2, 0.25) is 5.15 Å². The number of ether oxygens (including phenoxy) is 1. The summed E-state index contributed by atoms with van der Waals surface area (Å²) in [6, 6.07) is 1.60. The molecule has 0 unspecified atom stereocenters. The van der Waals surface area contributed by atoms with E-state index in [1.807, 2.05) is 0 Å². The van der Waals surface area contributed by atoms with Crippen LogP contribution in [0.3, 0.4) is 0 Å². The fourth-order valence-electron chi connectivity index (χ4n) is 1.25. The predicted molar refractivity (Wildman–Crippen MR) is 56.2 cm³/mol. The molecule has 0 amide bonds. The number of aliphatic hydroxyl groups is 1. The van der Waals surface area contributed by atoms with E-state index in [0.717, 1.165) is 18.7 Å². The Bertz CT molecular complexity index is 342. The zero-order valence-corrected chi connectivity index (χ0v) is 9.07. The number of aliphatic hydroxyl groups excluding tert-OH is 1. The molecule has 1 aliphatic carbocycles. The van der Waals surface area contributed by atoms with E-state index in [0.29, 0.717) is 30.0 Å². The van der Waals surface area contributed by atoms with Crippen LogP contribution < -0.4 is 4.74 Å². The van der Waals surface area contributed by atoms with E-state index < -0.39 is 0 Å². The third-order valence-electron chi connectivity index (χ3n) is 2.18. The van der Waals surface area contributed by atoms with Gasteiger partial charge in [0.15, 0.2) is 0 Å². The first-order valence-corrected chi connectivity index (χ1v) is 5.45. The van der Waals surface area contributed by atoms with Crippen LogP contribution >= 0.6 is 11.6 Å². The minimum absolute atomic E-state index is 0.119. The molecule has 1 aliphatic rings. The summed E-state index contributed by atoms with van der Waals surface area (Å²) in [6.07, 6.45) is 2.87. The number of hydrogen-bond donors (Lipinski definition) is 1. The first-order chi connectivity index (χ1) is 7.29.